The van der Waals surface area contributed by atoms with Gasteiger partial charge in [0.1, 0.15) is 5.25 Å². The normalized spacial score (nSPS) is 21.4. The number of nitrogens with zero attached hydrogens (tertiary/aromatic N) is 3. The van der Waals surface area contributed by atoms with Crippen molar-refractivity contribution in [1.29, 1.82) is 0 Å². The van der Waals surface area contributed by atoms with Crippen LogP contribution >= 0.6 is 0 Å². The van der Waals surface area contributed by atoms with Crippen molar-refractivity contribution in [2.24, 2.45) is 0 Å². The molecule has 1 aromatic carbocycles. The van der Waals surface area contributed by atoms with Gasteiger partial charge in [-0.15, -0.1) is 0 Å². The molecular weight excluding hydrogens is 358 g/mol. The lowest BCUT2D eigenvalue weighted by atomic mass is 10.0. The summed E-state index contributed by atoms with van der Waals surface area (Å²) in [6.45, 7) is 6.25. The van der Waals surface area contributed by atoms with Gasteiger partial charge < -0.3 is 9.47 Å². The Hall–Kier alpha value is -2.18. The summed E-state index contributed by atoms with van der Waals surface area (Å²) in [6.07, 6.45) is 2.68. The zero-order chi connectivity index (χ0) is 18.9. The van der Waals surface area contributed by atoms with Crippen LogP contribution in [-0.2, 0) is 29.3 Å². The first-order valence-electron chi connectivity index (χ1n) is 9.36. The molecule has 2 aliphatic heterocycles. The van der Waals surface area contributed by atoms with Gasteiger partial charge in [-0.25, -0.2) is 8.42 Å². The van der Waals surface area contributed by atoms with Crippen molar-refractivity contribution >= 4 is 20.7 Å². The predicted octanol–water partition coefficient (Wildman–Crippen LogP) is 3.17. The van der Waals surface area contributed by atoms with Gasteiger partial charge in [-0.3, -0.25) is 4.98 Å². The quantitative estimate of drug-likeness (QED) is 0.650. The zero-order valence-corrected chi connectivity index (χ0v) is 16.7. The maximum atomic E-state index is 13.6. The van der Waals surface area contributed by atoms with Crippen molar-refractivity contribution in [1.82, 2.24) is 14.5 Å². The molecule has 27 heavy (non-hydrogen) atoms. The molecule has 3 aromatic rings. The fourth-order valence-corrected chi connectivity index (χ4v) is 6.59. The van der Waals surface area contributed by atoms with Crippen LogP contribution in [0.15, 0.2) is 35.4 Å². The first kappa shape index (κ1) is 17.0. The molecule has 2 aromatic heterocycles. The van der Waals surface area contributed by atoms with Crippen LogP contribution in [0.3, 0.4) is 0 Å². The third-order valence-corrected chi connectivity index (χ3v) is 8.08. The number of rotatable bonds is 1. The van der Waals surface area contributed by atoms with Gasteiger partial charge in [0.2, 0.25) is 0 Å². The number of likely N-dealkylation sites (N-methyl/N-ethyl adjacent to an activating group) is 1. The second-order valence-electron chi connectivity index (χ2n) is 7.95. The Bertz CT molecular complexity index is 1180. The van der Waals surface area contributed by atoms with E-state index in [1.807, 2.05) is 32.0 Å². The molecule has 0 saturated heterocycles. The second kappa shape index (κ2) is 5.66. The molecule has 140 valence electrons. The van der Waals surface area contributed by atoms with Gasteiger partial charge in [0.25, 0.3) is 0 Å². The van der Waals surface area contributed by atoms with Gasteiger partial charge >= 0.3 is 0 Å². The third kappa shape index (κ3) is 2.39. The maximum Gasteiger partial charge on any atom is 0.189 e. The van der Waals surface area contributed by atoms with Crippen LogP contribution < -0.4 is 0 Å². The van der Waals surface area contributed by atoms with Crippen molar-refractivity contribution in [3.63, 3.8) is 0 Å². The summed E-state index contributed by atoms with van der Waals surface area (Å²) in [5, 5.41) is 0.523. The van der Waals surface area contributed by atoms with Gasteiger partial charge in [-0.05, 0) is 55.8 Å². The van der Waals surface area contributed by atoms with Crippen molar-refractivity contribution in [2.75, 3.05) is 13.6 Å². The van der Waals surface area contributed by atoms with E-state index in [2.05, 4.69) is 27.6 Å². The average molecular weight is 382 g/mol. The molecule has 6 heteroatoms. The number of benzene rings is 1. The van der Waals surface area contributed by atoms with Crippen LogP contribution in [0.2, 0.25) is 0 Å². The van der Waals surface area contributed by atoms with Gasteiger partial charge in [-0.2, -0.15) is 0 Å². The minimum Gasteiger partial charge on any atom is -0.341 e. The Balaban J connectivity index is 1.80. The lowest BCUT2D eigenvalue weighted by Gasteiger charge is -2.28. The first-order valence-corrected chi connectivity index (χ1v) is 10.9. The van der Waals surface area contributed by atoms with Crippen LogP contribution in [0.5, 0.6) is 0 Å². The highest BCUT2D eigenvalue weighted by Crippen LogP contribution is 2.44. The van der Waals surface area contributed by atoms with Crippen LogP contribution in [0.1, 0.15) is 33.3 Å². The number of aromatic nitrogens is 2. The zero-order valence-electron chi connectivity index (χ0n) is 15.9. The molecule has 1 atom stereocenters. The summed E-state index contributed by atoms with van der Waals surface area (Å²) < 4.78 is 29.4. The molecule has 5 rings (SSSR count). The topological polar surface area (TPSA) is 55.2 Å². The van der Waals surface area contributed by atoms with E-state index in [1.54, 1.807) is 6.20 Å². The van der Waals surface area contributed by atoms with Crippen LogP contribution in [0.4, 0.5) is 0 Å². The van der Waals surface area contributed by atoms with E-state index in [4.69, 9.17) is 0 Å². The van der Waals surface area contributed by atoms with E-state index in [0.717, 1.165) is 47.2 Å². The molecule has 1 unspecified atom stereocenters. The van der Waals surface area contributed by atoms with Crippen LogP contribution in [0, 0.1) is 13.8 Å². The lowest BCUT2D eigenvalue weighted by molar-refractivity contribution is 0.309. The molecule has 0 bridgehead atoms. The number of sulfone groups is 1. The fraction of sp³-hybridized carbons (Fsp3) is 0.381. The summed E-state index contributed by atoms with van der Waals surface area (Å²) in [7, 11) is -1.34. The molecule has 0 spiro atoms. The molecule has 0 radical (unpaired) electrons. The van der Waals surface area contributed by atoms with Crippen molar-refractivity contribution in [3.8, 4) is 0 Å². The summed E-state index contributed by atoms with van der Waals surface area (Å²) in [6, 6.07) is 7.80. The summed E-state index contributed by atoms with van der Waals surface area (Å²) in [4.78, 5) is 7.13. The van der Waals surface area contributed by atoms with E-state index in [9.17, 15) is 8.42 Å². The Kier molecular flexibility index (Phi) is 3.55. The van der Waals surface area contributed by atoms with Gasteiger partial charge in [0.15, 0.2) is 9.84 Å². The largest absolute Gasteiger partial charge is 0.341 e. The van der Waals surface area contributed by atoms with Crippen LogP contribution in [0.25, 0.3) is 10.9 Å². The van der Waals surface area contributed by atoms with Gasteiger partial charge in [0.05, 0.1) is 10.4 Å². The number of pyridine rings is 1. The average Bonchev–Trinajstić information content (AvgIpc) is 2.92. The monoisotopic (exact) mass is 381 g/mol. The Morgan fingerprint density at radius 3 is 2.74 bits per heavy atom. The molecule has 0 fully saturated rings. The first-order chi connectivity index (χ1) is 12.9. The number of fused-ring (bicyclic) bond motifs is 3. The molecule has 0 aliphatic carbocycles. The highest BCUT2D eigenvalue weighted by atomic mass is 32.2. The van der Waals surface area contributed by atoms with Crippen molar-refractivity contribution < 1.29 is 8.42 Å². The van der Waals surface area contributed by atoms with E-state index < -0.39 is 15.1 Å². The molecule has 5 nitrogen and oxygen atoms in total. The smallest absolute Gasteiger partial charge is 0.189 e. The molecule has 2 aliphatic rings. The molecule has 0 N–H and O–H groups in total. The summed E-state index contributed by atoms with van der Waals surface area (Å²) >= 11 is 0. The number of hydrogen-bond acceptors (Lipinski definition) is 4. The SMILES string of the molecule is Cc1cc2c3c(c1)c1c(n3CC(c3ccc(C)nc3)S2(=O)=O)CCN(C)C1. The summed E-state index contributed by atoms with van der Waals surface area (Å²) in [5.41, 5.74) is 6.16. The van der Waals surface area contributed by atoms with Crippen LogP contribution in [-0.4, -0.2) is 36.5 Å². The van der Waals surface area contributed by atoms with Crippen molar-refractivity contribution in [3.05, 3.63) is 58.5 Å². The Labute approximate surface area is 159 Å². The highest BCUT2D eigenvalue weighted by molar-refractivity contribution is 7.92. The molecular formula is C21H23N3O2S. The lowest BCUT2D eigenvalue weighted by Crippen LogP contribution is -2.29. The van der Waals surface area contributed by atoms with E-state index in [1.165, 1.54) is 11.3 Å². The maximum absolute atomic E-state index is 13.6. The minimum absolute atomic E-state index is 0.471. The predicted molar refractivity (Wildman–Crippen MR) is 106 cm³/mol. The van der Waals surface area contributed by atoms with Gasteiger partial charge in [0, 0.05) is 49.0 Å². The molecule has 0 saturated carbocycles. The Morgan fingerprint density at radius 2 is 2.00 bits per heavy atom. The minimum atomic E-state index is -3.47. The van der Waals surface area contributed by atoms with Crippen molar-refractivity contribution in [2.45, 2.75) is 43.5 Å². The fourth-order valence-electron chi connectivity index (χ4n) is 4.61. The van der Waals surface area contributed by atoms with E-state index >= 15 is 0 Å². The third-order valence-electron chi connectivity index (χ3n) is 5.98. The number of aryl methyl sites for hydroxylation is 2. The number of hydrogen-bond donors (Lipinski definition) is 0. The second-order valence-corrected chi connectivity index (χ2v) is 10.0. The summed E-state index contributed by atoms with van der Waals surface area (Å²) in [5.74, 6) is 0. The molecule has 4 heterocycles. The van der Waals surface area contributed by atoms with E-state index in [-0.39, 0.29) is 0 Å². The standard InChI is InChI=1S/C21H23N3O2S/c1-13-8-16-17-11-23(3)7-6-18(17)24-12-20(15-5-4-14(2)22-10-15)27(25,26)19(9-13)21(16)24/h4-5,8-10,20H,6-7,11-12H2,1-3H3. The van der Waals surface area contributed by atoms with E-state index in [0.29, 0.717) is 11.4 Å². The molecule has 0 amide bonds. The van der Waals surface area contributed by atoms with Gasteiger partial charge in [-0.1, -0.05) is 6.07 Å². The highest BCUT2D eigenvalue weighted by Gasteiger charge is 2.39. The Morgan fingerprint density at radius 1 is 1.19 bits per heavy atom.